The van der Waals surface area contributed by atoms with Gasteiger partial charge in [-0.2, -0.15) is 13.2 Å². The normalized spacial score (nSPS) is 21.9. The molecule has 2 aliphatic rings. The van der Waals surface area contributed by atoms with Crippen molar-refractivity contribution in [1.29, 1.82) is 0 Å². The van der Waals surface area contributed by atoms with Crippen molar-refractivity contribution in [3.05, 3.63) is 35.9 Å². The first-order valence-corrected chi connectivity index (χ1v) is 8.79. The van der Waals surface area contributed by atoms with Gasteiger partial charge in [0.15, 0.2) is 0 Å². The average Bonchev–Trinajstić information content (AvgIpc) is 3.10. The number of rotatable bonds is 3. The van der Waals surface area contributed by atoms with Gasteiger partial charge in [0.05, 0.1) is 0 Å². The molecule has 0 N–H and O–H groups in total. The summed E-state index contributed by atoms with van der Waals surface area (Å²) in [6.07, 6.45) is -4.21. The molecule has 0 spiro atoms. The molecule has 0 radical (unpaired) electrons. The fourth-order valence-corrected chi connectivity index (χ4v) is 3.61. The van der Waals surface area contributed by atoms with E-state index in [1.54, 1.807) is 4.90 Å². The van der Waals surface area contributed by atoms with E-state index in [1.165, 1.54) is 5.56 Å². The molecule has 3 rings (SSSR count). The molecule has 2 saturated heterocycles. The number of amides is 2. The minimum atomic E-state index is -4.93. The summed E-state index contributed by atoms with van der Waals surface area (Å²) in [5.74, 6) is -2.27. The van der Waals surface area contributed by atoms with E-state index in [1.807, 2.05) is 30.3 Å². The van der Waals surface area contributed by atoms with Crippen molar-refractivity contribution in [3.63, 3.8) is 0 Å². The second kappa shape index (κ2) is 7.65. The zero-order valence-corrected chi connectivity index (χ0v) is 14.4. The van der Waals surface area contributed by atoms with Gasteiger partial charge in [-0.25, -0.2) is 0 Å². The summed E-state index contributed by atoms with van der Waals surface area (Å²) in [6, 6.07) is 9.00. The summed E-state index contributed by atoms with van der Waals surface area (Å²) in [7, 11) is 0. The third kappa shape index (κ3) is 4.17. The van der Waals surface area contributed by atoms with Crippen LogP contribution in [0.1, 0.15) is 18.4 Å². The molecule has 0 bridgehead atoms. The summed E-state index contributed by atoms with van der Waals surface area (Å²) in [6.45, 7) is 3.04. The number of alkyl halides is 3. The number of benzene rings is 1. The molecule has 0 saturated carbocycles. The summed E-state index contributed by atoms with van der Waals surface area (Å²) in [5, 5.41) is 0. The monoisotopic (exact) mass is 369 g/mol. The molecular weight excluding hydrogens is 347 g/mol. The molecule has 142 valence electrons. The molecule has 1 unspecified atom stereocenters. The predicted molar refractivity (Wildman–Crippen MR) is 89.1 cm³/mol. The highest BCUT2D eigenvalue weighted by Crippen LogP contribution is 2.27. The molecule has 2 heterocycles. The van der Waals surface area contributed by atoms with Crippen LogP contribution in [-0.2, 0) is 16.1 Å². The van der Waals surface area contributed by atoms with Gasteiger partial charge in [0.1, 0.15) is 6.04 Å². The summed E-state index contributed by atoms with van der Waals surface area (Å²) < 4.78 is 38.1. The number of halogens is 3. The van der Waals surface area contributed by atoms with Crippen LogP contribution in [0.25, 0.3) is 0 Å². The van der Waals surface area contributed by atoms with Gasteiger partial charge < -0.3 is 9.80 Å². The van der Waals surface area contributed by atoms with E-state index in [4.69, 9.17) is 0 Å². The lowest BCUT2D eigenvalue weighted by atomic mass is 10.1. The maximum Gasteiger partial charge on any atom is 0.471 e. The Bertz CT molecular complexity index is 643. The first kappa shape index (κ1) is 18.7. The lowest BCUT2D eigenvalue weighted by Crippen LogP contribution is -2.55. The summed E-state index contributed by atoms with van der Waals surface area (Å²) in [4.78, 5) is 28.7. The highest BCUT2D eigenvalue weighted by Gasteiger charge is 2.48. The minimum Gasteiger partial charge on any atom is -0.338 e. The Kier molecular flexibility index (Phi) is 5.50. The number of carbonyl (C=O) groups excluding carboxylic acids is 2. The maximum atomic E-state index is 12.7. The Labute approximate surface area is 150 Å². The molecule has 26 heavy (non-hydrogen) atoms. The van der Waals surface area contributed by atoms with Crippen LogP contribution in [-0.4, -0.2) is 71.5 Å². The lowest BCUT2D eigenvalue weighted by molar-refractivity contribution is -0.187. The second-order valence-electron chi connectivity index (χ2n) is 6.74. The molecule has 5 nitrogen and oxygen atoms in total. The zero-order chi connectivity index (χ0) is 18.7. The molecule has 2 amide bonds. The predicted octanol–water partition coefficient (Wildman–Crippen LogP) is 1.88. The Morgan fingerprint density at radius 2 is 1.65 bits per heavy atom. The Balaban J connectivity index is 1.55. The van der Waals surface area contributed by atoms with Gasteiger partial charge in [-0.3, -0.25) is 14.5 Å². The number of likely N-dealkylation sites (tertiary alicyclic amines) is 1. The van der Waals surface area contributed by atoms with Gasteiger partial charge in [0.2, 0.25) is 5.91 Å². The van der Waals surface area contributed by atoms with Crippen LogP contribution in [0, 0.1) is 0 Å². The Morgan fingerprint density at radius 1 is 1.00 bits per heavy atom. The third-order valence-corrected chi connectivity index (χ3v) is 4.97. The van der Waals surface area contributed by atoms with Crippen molar-refractivity contribution in [3.8, 4) is 0 Å². The lowest BCUT2D eigenvalue weighted by Gasteiger charge is -2.37. The maximum absolute atomic E-state index is 12.7. The van der Waals surface area contributed by atoms with E-state index in [2.05, 4.69) is 4.90 Å². The summed E-state index contributed by atoms with van der Waals surface area (Å²) in [5.41, 5.74) is 1.19. The molecular formula is C18H22F3N3O2. The van der Waals surface area contributed by atoms with Crippen LogP contribution in [0.5, 0.6) is 0 Å². The number of nitrogens with zero attached hydrogens (tertiary/aromatic N) is 3. The van der Waals surface area contributed by atoms with Crippen LogP contribution in [0.2, 0.25) is 0 Å². The van der Waals surface area contributed by atoms with Crippen LogP contribution < -0.4 is 0 Å². The third-order valence-electron chi connectivity index (χ3n) is 4.97. The van der Waals surface area contributed by atoms with Gasteiger partial charge >= 0.3 is 12.1 Å². The molecule has 2 aliphatic heterocycles. The molecule has 2 fully saturated rings. The molecule has 1 aromatic carbocycles. The van der Waals surface area contributed by atoms with E-state index in [-0.39, 0.29) is 12.5 Å². The van der Waals surface area contributed by atoms with E-state index in [0.29, 0.717) is 43.9 Å². The largest absolute Gasteiger partial charge is 0.471 e. The number of carbonyl (C=O) groups is 2. The fraction of sp³-hybridized carbons (Fsp3) is 0.556. The highest BCUT2D eigenvalue weighted by atomic mass is 19.4. The van der Waals surface area contributed by atoms with Crippen molar-refractivity contribution < 1.29 is 22.8 Å². The minimum absolute atomic E-state index is 0.0112. The van der Waals surface area contributed by atoms with Crippen LogP contribution in [0.4, 0.5) is 13.2 Å². The molecule has 1 atom stereocenters. The van der Waals surface area contributed by atoms with Crippen LogP contribution >= 0.6 is 0 Å². The van der Waals surface area contributed by atoms with Crippen molar-refractivity contribution in [2.75, 3.05) is 32.7 Å². The SMILES string of the molecule is O=C(C1CCCN1C(=O)C(F)(F)F)N1CCN(Cc2ccccc2)CC1. The van der Waals surface area contributed by atoms with Gasteiger partial charge in [-0.15, -0.1) is 0 Å². The summed E-state index contributed by atoms with van der Waals surface area (Å²) >= 11 is 0. The highest BCUT2D eigenvalue weighted by molar-refractivity contribution is 5.90. The van der Waals surface area contributed by atoms with Gasteiger partial charge in [0, 0.05) is 39.3 Å². The first-order chi connectivity index (χ1) is 12.4. The van der Waals surface area contributed by atoms with Crippen molar-refractivity contribution in [2.45, 2.75) is 31.6 Å². The van der Waals surface area contributed by atoms with E-state index < -0.39 is 18.1 Å². The molecule has 8 heteroatoms. The quantitative estimate of drug-likeness (QED) is 0.817. The Hall–Kier alpha value is -2.09. The van der Waals surface area contributed by atoms with E-state index in [9.17, 15) is 22.8 Å². The van der Waals surface area contributed by atoms with Gasteiger partial charge in [-0.05, 0) is 18.4 Å². The molecule has 0 aliphatic carbocycles. The van der Waals surface area contributed by atoms with E-state index in [0.717, 1.165) is 6.54 Å². The van der Waals surface area contributed by atoms with Crippen LogP contribution in [0.15, 0.2) is 30.3 Å². The fourth-order valence-electron chi connectivity index (χ4n) is 3.61. The van der Waals surface area contributed by atoms with Crippen molar-refractivity contribution in [1.82, 2.24) is 14.7 Å². The van der Waals surface area contributed by atoms with Gasteiger partial charge in [0.25, 0.3) is 0 Å². The van der Waals surface area contributed by atoms with Gasteiger partial charge in [-0.1, -0.05) is 30.3 Å². The van der Waals surface area contributed by atoms with Crippen molar-refractivity contribution in [2.24, 2.45) is 0 Å². The number of hydrogen-bond acceptors (Lipinski definition) is 3. The molecule has 1 aromatic rings. The molecule has 0 aromatic heterocycles. The zero-order valence-electron chi connectivity index (χ0n) is 14.4. The number of hydrogen-bond donors (Lipinski definition) is 0. The average molecular weight is 369 g/mol. The topological polar surface area (TPSA) is 43.9 Å². The smallest absolute Gasteiger partial charge is 0.338 e. The Morgan fingerprint density at radius 3 is 2.27 bits per heavy atom. The van der Waals surface area contributed by atoms with Crippen LogP contribution in [0.3, 0.4) is 0 Å². The second-order valence-corrected chi connectivity index (χ2v) is 6.74. The van der Waals surface area contributed by atoms with Crippen molar-refractivity contribution >= 4 is 11.8 Å². The first-order valence-electron chi connectivity index (χ1n) is 8.79. The van der Waals surface area contributed by atoms with E-state index >= 15 is 0 Å². The number of piperazine rings is 1. The standard InChI is InChI=1S/C18H22F3N3O2/c19-18(20,21)17(26)24-8-4-7-15(24)16(25)23-11-9-22(10-12-23)13-14-5-2-1-3-6-14/h1-3,5-6,15H,4,7-13H2.